The molecule has 7 nitrogen and oxygen atoms in total. The van der Waals surface area contributed by atoms with E-state index in [4.69, 9.17) is 4.74 Å². The highest BCUT2D eigenvalue weighted by Gasteiger charge is 2.22. The van der Waals surface area contributed by atoms with Crippen LogP contribution in [0.15, 0.2) is 59.5 Å². The third-order valence-electron chi connectivity index (χ3n) is 6.41. The Hall–Kier alpha value is -3.13. The van der Waals surface area contributed by atoms with E-state index < -0.39 is 10.0 Å². The summed E-state index contributed by atoms with van der Waals surface area (Å²) in [4.78, 5) is 2.42. The number of anilines is 2. The van der Waals surface area contributed by atoms with Crippen LogP contribution in [0.2, 0.25) is 0 Å². The van der Waals surface area contributed by atoms with Crippen LogP contribution in [0.1, 0.15) is 52.0 Å². The first kappa shape index (κ1) is 25.0. The molecule has 0 aliphatic carbocycles. The Morgan fingerprint density at radius 1 is 1.03 bits per heavy atom. The van der Waals surface area contributed by atoms with Crippen LogP contribution >= 0.6 is 0 Å². The number of nitrogens with zero attached hydrogens (tertiary/aromatic N) is 3. The molecule has 0 bridgehead atoms. The lowest BCUT2D eigenvalue weighted by molar-refractivity contribution is 0.331. The fraction of sp³-hybridized carbons (Fsp3) is 0.407. The lowest BCUT2D eigenvalue weighted by Crippen LogP contribution is -2.33. The first-order valence-electron chi connectivity index (χ1n) is 12.3. The molecule has 0 unspecified atom stereocenters. The van der Waals surface area contributed by atoms with E-state index in [0.29, 0.717) is 18.0 Å². The Bertz CT molecular complexity index is 1230. The number of hydrogen-bond acceptors (Lipinski definition) is 6. The number of aromatic nitrogens is 2. The third-order valence-corrected chi connectivity index (χ3v) is 7.82. The van der Waals surface area contributed by atoms with Crippen molar-refractivity contribution in [2.45, 2.75) is 51.3 Å². The van der Waals surface area contributed by atoms with E-state index in [9.17, 15) is 8.42 Å². The van der Waals surface area contributed by atoms with Gasteiger partial charge >= 0.3 is 0 Å². The smallest absolute Gasteiger partial charge is 0.265 e. The maximum atomic E-state index is 13.2. The monoisotopic (exact) mass is 494 g/mol. The zero-order valence-corrected chi connectivity index (χ0v) is 21.7. The van der Waals surface area contributed by atoms with Crippen molar-refractivity contribution in [3.8, 4) is 17.0 Å². The maximum absolute atomic E-state index is 13.2. The van der Waals surface area contributed by atoms with Gasteiger partial charge < -0.3 is 9.64 Å². The summed E-state index contributed by atoms with van der Waals surface area (Å²) in [6.45, 7) is 10.6. The molecule has 0 spiro atoms. The average Bonchev–Trinajstić information content (AvgIpc) is 2.85. The predicted octanol–water partition coefficient (Wildman–Crippen LogP) is 5.70. The van der Waals surface area contributed by atoms with Crippen LogP contribution in [0.5, 0.6) is 5.75 Å². The molecule has 2 heterocycles. The predicted molar refractivity (Wildman–Crippen MR) is 141 cm³/mol. The second-order valence-electron chi connectivity index (χ2n) is 9.42. The fourth-order valence-corrected chi connectivity index (χ4v) is 5.41. The van der Waals surface area contributed by atoms with Gasteiger partial charge in [0.2, 0.25) is 0 Å². The minimum Gasteiger partial charge on any atom is -0.492 e. The first-order chi connectivity index (χ1) is 16.8. The summed E-state index contributed by atoms with van der Waals surface area (Å²) in [7, 11) is -3.83. The Balaban J connectivity index is 1.50. The lowest BCUT2D eigenvalue weighted by atomic mass is 9.99. The molecule has 1 aliphatic heterocycles. The van der Waals surface area contributed by atoms with E-state index in [1.165, 1.54) is 12.8 Å². The van der Waals surface area contributed by atoms with Gasteiger partial charge in [0.1, 0.15) is 10.6 Å². The van der Waals surface area contributed by atoms with Crippen LogP contribution in [0.3, 0.4) is 0 Å². The van der Waals surface area contributed by atoms with Gasteiger partial charge in [-0.1, -0.05) is 39.0 Å². The molecule has 1 aliphatic rings. The number of hydrogen-bond donors (Lipinski definition) is 1. The van der Waals surface area contributed by atoms with E-state index in [0.717, 1.165) is 41.6 Å². The summed E-state index contributed by atoms with van der Waals surface area (Å²) in [5.41, 5.74) is 3.02. The molecule has 186 valence electrons. The van der Waals surface area contributed by atoms with Gasteiger partial charge in [0.05, 0.1) is 12.3 Å². The molecule has 8 heteroatoms. The fourth-order valence-electron chi connectivity index (χ4n) is 4.17. The number of piperidine rings is 1. The largest absolute Gasteiger partial charge is 0.492 e. The van der Waals surface area contributed by atoms with E-state index in [-0.39, 0.29) is 10.8 Å². The van der Waals surface area contributed by atoms with Gasteiger partial charge in [-0.25, -0.2) is 8.42 Å². The van der Waals surface area contributed by atoms with Crippen molar-refractivity contribution in [2.24, 2.45) is 5.92 Å². The standard InChI is InChI=1S/C27H34N4O3S/c1-5-34-25-12-8-22(19(2)3)18-26(25)35(32,33)30-23-9-6-21(7-10-23)24-11-13-27(29-28-24)31-16-14-20(4)15-17-31/h6-13,18-20,30H,5,14-17H2,1-4H3. The minimum atomic E-state index is -3.83. The summed E-state index contributed by atoms with van der Waals surface area (Å²) >= 11 is 0. The molecule has 1 saturated heterocycles. The summed E-state index contributed by atoms with van der Waals surface area (Å²) in [6.07, 6.45) is 2.35. The molecule has 4 rings (SSSR count). The number of rotatable bonds is 8. The molecule has 0 radical (unpaired) electrons. The van der Waals surface area contributed by atoms with Gasteiger partial charge in [-0.15, -0.1) is 10.2 Å². The molecule has 1 N–H and O–H groups in total. The van der Waals surface area contributed by atoms with Crippen LogP contribution in [-0.2, 0) is 10.0 Å². The summed E-state index contributed by atoms with van der Waals surface area (Å²) in [6, 6.07) is 16.5. The Morgan fingerprint density at radius 2 is 1.74 bits per heavy atom. The minimum absolute atomic E-state index is 0.142. The van der Waals surface area contributed by atoms with Gasteiger partial charge in [0.25, 0.3) is 10.0 Å². The Kier molecular flexibility index (Phi) is 7.60. The summed E-state index contributed by atoms with van der Waals surface area (Å²) in [5, 5.41) is 8.83. The molecule has 0 atom stereocenters. The SMILES string of the molecule is CCOc1ccc(C(C)C)cc1S(=O)(=O)Nc1ccc(-c2ccc(N3CCC(C)CC3)nn2)cc1. The van der Waals surface area contributed by atoms with Crippen LogP contribution in [0.25, 0.3) is 11.3 Å². The summed E-state index contributed by atoms with van der Waals surface area (Å²) in [5.74, 6) is 2.21. The van der Waals surface area contributed by atoms with Crippen molar-refractivity contribution < 1.29 is 13.2 Å². The van der Waals surface area contributed by atoms with E-state index >= 15 is 0 Å². The number of sulfonamides is 1. The van der Waals surface area contributed by atoms with E-state index in [2.05, 4.69) is 26.7 Å². The molecule has 2 aromatic carbocycles. The highest BCUT2D eigenvalue weighted by molar-refractivity contribution is 7.92. The van der Waals surface area contributed by atoms with Crippen molar-refractivity contribution in [3.05, 3.63) is 60.2 Å². The topological polar surface area (TPSA) is 84.4 Å². The first-order valence-corrected chi connectivity index (χ1v) is 13.7. The second kappa shape index (κ2) is 10.6. The Labute approximate surface area is 208 Å². The van der Waals surface area contributed by atoms with E-state index in [1.54, 1.807) is 24.3 Å². The zero-order valence-electron chi connectivity index (χ0n) is 20.9. The average molecular weight is 495 g/mol. The second-order valence-corrected chi connectivity index (χ2v) is 11.1. The van der Waals surface area contributed by atoms with Crippen LogP contribution in [-0.4, -0.2) is 38.3 Å². The van der Waals surface area contributed by atoms with Crippen LogP contribution < -0.4 is 14.4 Å². The Morgan fingerprint density at radius 3 is 2.34 bits per heavy atom. The van der Waals surface area contributed by atoms with Crippen molar-refractivity contribution in [1.29, 1.82) is 0 Å². The van der Waals surface area contributed by atoms with Crippen LogP contribution in [0, 0.1) is 5.92 Å². The van der Waals surface area contributed by atoms with Crippen molar-refractivity contribution in [3.63, 3.8) is 0 Å². The normalized spacial score (nSPS) is 14.8. The van der Waals surface area contributed by atoms with E-state index in [1.807, 2.05) is 51.1 Å². The van der Waals surface area contributed by atoms with Gasteiger partial charge in [0, 0.05) is 24.3 Å². The van der Waals surface area contributed by atoms with Crippen molar-refractivity contribution in [2.75, 3.05) is 29.3 Å². The highest BCUT2D eigenvalue weighted by Crippen LogP contribution is 2.30. The zero-order chi connectivity index (χ0) is 25.0. The molecular weight excluding hydrogens is 460 g/mol. The highest BCUT2D eigenvalue weighted by atomic mass is 32.2. The van der Waals surface area contributed by atoms with Gasteiger partial charge in [0.15, 0.2) is 5.82 Å². The van der Waals surface area contributed by atoms with Gasteiger partial charge in [-0.2, -0.15) is 0 Å². The maximum Gasteiger partial charge on any atom is 0.265 e. The number of ether oxygens (including phenoxy) is 1. The molecule has 0 amide bonds. The van der Waals surface area contributed by atoms with Crippen molar-refractivity contribution in [1.82, 2.24) is 10.2 Å². The number of benzene rings is 2. The third kappa shape index (κ3) is 5.93. The molecule has 1 fully saturated rings. The van der Waals surface area contributed by atoms with Crippen molar-refractivity contribution >= 4 is 21.5 Å². The van der Waals surface area contributed by atoms with Crippen LogP contribution in [0.4, 0.5) is 11.5 Å². The quantitative estimate of drug-likeness (QED) is 0.432. The molecule has 0 saturated carbocycles. The lowest BCUT2D eigenvalue weighted by Gasteiger charge is -2.30. The molecular formula is C27H34N4O3S. The number of nitrogens with one attached hydrogen (secondary N) is 1. The molecule has 35 heavy (non-hydrogen) atoms. The van der Waals surface area contributed by atoms with Gasteiger partial charge in [-0.3, -0.25) is 4.72 Å². The summed E-state index contributed by atoms with van der Waals surface area (Å²) < 4.78 is 34.7. The van der Waals surface area contributed by atoms with Gasteiger partial charge in [-0.05, 0) is 73.6 Å². The molecule has 3 aromatic rings. The molecule has 1 aromatic heterocycles.